The number of hydrogen-bond acceptors (Lipinski definition) is 3. The van der Waals surface area contributed by atoms with Gasteiger partial charge in [-0.1, -0.05) is 0 Å². The summed E-state index contributed by atoms with van der Waals surface area (Å²) in [5.74, 6) is -0.447. The molecule has 0 unspecified atom stereocenters. The Kier molecular flexibility index (Phi) is 6.16. The summed E-state index contributed by atoms with van der Waals surface area (Å²) in [6.07, 6.45) is 6.27. The van der Waals surface area contributed by atoms with Gasteiger partial charge in [0.2, 0.25) is 0 Å². The van der Waals surface area contributed by atoms with Gasteiger partial charge < -0.3 is 0 Å². The molecule has 4 rings (SSSR count). The van der Waals surface area contributed by atoms with Crippen molar-refractivity contribution in [2.45, 2.75) is 51.3 Å². The van der Waals surface area contributed by atoms with Crippen LogP contribution in [0.25, 0.3) is 0 Å². The van der Waals surface area contributed by atoms with Gasteiger partial charge in [0.25, 0.3) is 0 Å². The Morgan fingerprint density at radius 2 is 1.68 bits per heavy atom. The second-order valence-corrected chi connectivity index (χ2v) is 14.1. The van der Waals surface area contributed by atoms with E-state index < -0.39 is 12.4 Å². The number of nitrogens with one attached hydrogen (secondary N) is 1. The molecule has 1 aliphatic heterocycles. The van der Waals surface area contributed by atoms with Crippen LogP contribution in [0.1, 0.15) is 42.4 Å². The number of rotatable bonds is 7. The van der Waals surface area contributed by atoms with E-state index in [4.69, 9.17) is 4.74 Å². The molecule has 0 bridgehead atoms. The minimum absolute atomic E-state index is 0.0229. The van der Waals surface area contributed by atoms with Gasteiger partial charge in [-0.3, -0.25) is 0 Å². The molecule has 31 heavy (non-hydrogen) atoms. The molecule has 0 atom stereocenters. The van der Waals surface area contributed by atoms with Gasteiger partial charge in [-0.2, -0.15) is 0 Å². The number of esters is 1. The van der Waals surface area contributed by atoms with Crippen LogP contribution in [0.3, 0.4) is 0 Å². The fourth-order valence-corrected chi connectivity index (χ4v) is 11.5. The molecule has 0 aromatic heterocycles. The van der Waals surface area contributed by atoms with Crippen LogP contribution in [0, 0.1) is 19.7 Å². The number of aryl methyl sites for hydroxylation is 2. The number of amides is 1. The minimum atomic E-state index is -2.17. The molecule has 1 heterocycles. The molecule has 166 valence electrons. The summed E-state index contributed by atoms with van der Waals surface area (Å²) in [5.41, 5.74) is 3.13. The summed E-state index contributed by atoms with van der Waals surface area (Å²) in [5, 5.41) is 2.72. The van der Waals surface area contributed by atoms with Crippen molar-refractivity contribution in [3.05, 3.63) is 65.0 Å². The Balaban J connectivity index is 1.49. The molecule has 1 N–H and O–H groups in total. The first-order valence-electron chi connectivity index (χ1n) is 11.1. The van der Waals surface area contributed by atoms with Crippen molar-refractivity contribution in [3.8, 4) is 0 Å². The van der Waals surface area contributed by atoms with Gasteiger partial charge in [-0.25, -0.2) is 0 Å². The topological polar surface area (TPSA) is 55.4 Å². The quantitative estimate of drug-likeness (QED) is 0.473. The molecule has 1 amide bonds. The fraction of sp³-hybridized carbons (Fsp3) is 0.440. The zero-order valence-corrected chi connectivity index (χ0v) is 19.3. The van der Waals surface area contributed by atoms with Crippen LogP contribution in [0.4, 0.5) is 10.1 Å². The zero-order chi connectivity index (χ0) is 22.1. The Morgan fingerprint density at radius 3 is 2.26 bits per heavy atom. The number of ether oxygens (including phenoxy) is 1. The summed E-state index contributed by atoms with van der Waals surface area (Å²) >= 11 is 0. The number of halogens is 1. The van der Waals surface area contributed by atoms with E-state index >= 15 is 0 Å². The van der Waals surface area contributed by atoms with E-state index in [-0.39, 0.29) is 24.3 Å². The third-order valence-corrected chi connectivity index (χ3v) is 13.6. The van der Waals surface area contributed by atoms with E-state index in [0.29, 0.717) is 11.8 Å². The summed E-state index contributed by atoms with van der Waals surface area (Å²) in [6.45, 7) is 3.90. The van der Waals surface area contributed by atoms with Crippen LogP contribution in [-0.2, 0) is 20.9 Å². The second kappa shape index (κ2) is 8.70. The summed E-state index contributed by atoms with van der Waals surface area (Å²) in [7, 11) is -2.17. The maximum atomic E-state index is 13.7. The predicted octanol–water partition coefficient (Wildman–Crippen LogP) is 5.20. The van der Waals surface area contributed by atoms with Crippen LogP contribution in [0.2, 0.25) is 0 Å². The van der Waals surface area contributed by atoms with E-state index in [1.807, 2.05) is 44.2 Å². The average molecular weight is 443 g/mol. The maximum absolute atomic E-state index is 13.7. The average Bonchev–Trinajstić information content (AvgIpc) is 3.44. The third-order valence-electron chi connectivity index (χ3n) is 7.22. The predicted molar refractivity (Wildman–Crippen MR) is 125 cm³/mol. The molecular formula is C25H31FNO3P. The van der Waals surface area contributed by atoms with Crippen molar-refractivity contribution in [2.24, 2.45) is 0 Å². The Hall–Kier alpha value is -2.26. The van der Waals surface area contributed by atoms with Crippen molar-refractivity contribution in [1.29, 1.82) is 0 Å². The summed E-state index contributed by atoms with van der Waals surface area (Å²) in [4.78, 5) is 26.3. The van der Waals surface area contributed by atoms with Crippen molar-refractivity contribution in [3.63, 3.8) is 0 Å². The van der Waals surface area contributed by atoms with Gasteiger partial charge in [0.05, 0.1) is 0 Å². The first-order valence-corrected chi connectivity index (χ1v) is 13.8. The second-order valence-electron chi connectivity index (χ2n) is 9.26. The zero-order valence-electron chi connectivity index (χ0n) is 18.3. The number of carbonyl (C=O) groups is 2. The van der Waals surface area contributed by atoms with Crippen molar-refractivity contribution in [1.82, 2.24) is 0 Å². The molecular weight excluding hydrogens is 412 g/mol. The molecule has 2 aromatic carbocycles. The summed E-state index contributed by atoms with van der Waals surface area (Å²) in [6, 6.07) is 12.6. The molecule has 6 heteroatoms. The molecule has 1 aliphatic carbocycles. The molecule has 0 radical (unpaired) electrons. The van der Waals surface area contributed by atoms with Gasteiger partial charge >= 0.3 is 184 Å². The SMILES string of the molecule is Cc1cc(F)cc(C)c1NC(=O)C1([PH]2(CC(=O)OCc3ccccc3)CCCC2)CC1. The van der Waals surface area contributed by atoms with Gasteiger partial charge in [-0.15, -0.1) is 0 Å². The van der Waals surface area contributed by atoms with E-state index in [1.165, 1.54) is 12.1 Å². The standard InChI is InChI=1S/C25H31FNO3P/c1-18-14-21(26)15-19(2)23(18)27-24(29)25(10-11-25)31(12-6-7-13-31)17-22(28)30-16-20-8-4-3-5-9-20/h3-5,8-9,14-15,31H,6-7,10-13,16-17H2,1-2H3,(H,27,29). The van der Waals surface area contributed by atoms with Gasteiger partial charge in [-0.05, 0) is 0 Å². The van der Waals surface area contributed by atoms with Crippen molar-refractivity contribution >= 4 is 24.8 Å². The fourth-order valence-electron chi connectivity index (χ4n) is 5.41. The molecule has 1 saturated carbocycles. The first-order chi connectivity index (χ1) is 14.9. The Labute approximate surface area is 183 Å². The van der Waals surface area contributed by atoms with Gasteiger partial charge in [0, 0.05) is 0 Å². The van der Waals surface area contributed by atoms with E-state index in [2.05, 4.69) is 5.32 Å². The van der Waals surface area contributed by atoms with Gasteiger partial charge in [0.1, 0.15) is 0 Å². The third kappa shape index (κ3) is 4.39. The molecule has 0 spiro atoms. The Morgan fingerprint density at radius 1 is 1.06 bits per heavy atom. The summed E-state index contributed by atoms with van der Waals surface area (Å²) < 4.78 is 19.3. The van der Waals surface area contributed by atoms with E-state index in [9.17, 15) is 14.0 Å². The van der Waals surface area contributed by atoms with Crippen molar-refractivity contribution < 1.29 is 18.7 Å². The number of hydrogen-bond donors (Lipinski definition) is 1. The van der Waals surface area contributed by atoms with Crippen LogP contribution < -0.4 is 5.32 Å². The van der Waals surface area contributed by atoms with E-state index in [0.717, 1.165) is 54.7 Å². The monoisotopic (exact) mass is 443 g/mol. The molecule has 1 saturated heterocycles. The molecule has 2 fully saturated rings. The molecule has 4 nitrogen and oxygen atoms in total. The molecule has 2 aromatic rings. The normalized spacial score (nSPS) is 19.5. The van der Waals surface area contributed by atoms with Crippen LogP contribution in [-0.4, -0.2) is 35.5 Å². The van der Waals surface area contributed by atoms with Gasteiger partial charge in [0.15, 0.2) is 0 Å². The first kappa shape index (κ1) is 22.0. The van der Waals surface area contributed by atoms with E-state index in [1.54, 1.807) is 0 Å². The molecule has 2 aliphatic rings. The van der Waals surface area contributed by atoms with Crippen LogP contribution >= 0.6 is 7.26 Å². The van der Waals surface area contributed by atoms with Crippen LogP contribution in [0.15, 0.2) is 42.5 Å². The number of carbonyl (C=O) groups excluding carboxylic acids is 2. The van der Waals surface area contributed by atoms with Crippen LogP contribution in [0.5, 0.6) is 0 Å². The van der Waals surface area contributed by atoms with Crippen molar-refractivity contribution in [2.75, 3.05) is 23.8 Å². The number of anilines is 1. The Bertz CT molecular complexity index is 959. The number of benzene rings is 2.